The van der Waals surface area contributed by atoms with Crippen LogP contribution in [0.2, 0.25) is 0 Å². The van der Waals surface area contributed by atoms with Gasteiger partial charge < -0.3 is 19.3 Å². The highest BCUT2D eigenvalue weighted by Crippen LogP contribution is 2.35. The van der Waals surface area contributed by atoms with Crippen LogP contribution in [0.1, 0.15) is 104 Å². The molecule has 2 N–H and O–H groups in total. The molecule has 0 saturated heterocycles. The van der Waals surface area contributed by atoms with E-state index in [-0.39, 0.29) is 19.4 Å². The maximum Gasteiger partial charge on any atom is 0.469 e. The Hall–Kier alpha value is -3.03. The van der Waals surface area contributed by atoms with Crippen LogP contribution in [0.15, 0.2) is 97.2 Å². The molecule has 0 amide bonds. The van der Waals surface area contributed by atoms with Crippen molar-refractivity contribution in [3.63, 3.8) is 0 Å². The molecule has 0 aliphatic rings. The number of phosphoric ester groups is 1. The molecule has 0 aliphatic carbocycles. The van der Waals surface area contributed by atoms with Gasteiger partial charge in [0, 0.05) is 12.8 Å². The first-order valence-corrected chi connectivity index (χ1v) is 18.2. The van der Waals surface area contributed by atoms with Gasteiger partial charge in [-0.2, -0.15) is 0 Å². The van der Waals surface area contributed by atoms with Crippen molar-refractivity contribution < 1.29 is 37.9 Å². The molecule has 0 fully saturated rings. The molecule has 8 nitrogen and oxygen atoms in total. The van der Waals surface area contributed by atoms with Crippen molar-refractivity contribution in [1.82, 2.24) is 0 Å². The summed E-state index contributed by atoms with van der Waals surface area (Å²) in [4.78, 5) is 42.5. The average molecular weight is 661 g/mol. The van der Waals surface area contributed by atoms with Gasteiger partial charge in [-0.1, -0.05) is 137 Å². The predicted molar refractivity (Wildman–Crippen MR) is 188 cm³/mol. The van der Waals surface area contributed by atoms with E-state index in [0.717, 1.165) is 64.2 Å². The van der Waals surface area contributed by atoms with Gasteiger partial charge >= 0.3 is 19.8 Å². The summed E-state index contributed by atoms with van der Waals surface area (Å²) < 4.78 is 26.2. The third kappa shape index (κ3) is 33.9. The van der Waals surface area contributed by atoms with E-state index in [1.165, 1.54) is 0 Å². The topological polar surface area (TPSA) is 119 Å². The predicted octanol–water partition coefficient (Wildman–Crippen LogP) is 9.50. The lowest BCUT2D eigenvalue weighted by Crippen LogP contribution is -2.29. The highest BCUT2D eigenvalue weighted by atomic mass is 31.2. The number of unbranched alkanes of at least 4 members (excludes halogenated alkanes) is 8. The normalized spacial score (nSPS) is 13.7. The van der Waals surface area contributed by atoms with Crippen molar-refractivity contribution in [3.05, 3.63) is 97.2 Å². The fourth-order valence-corrected chi connectivity index (χ4v) is 4.22. The Bertz CT molecular complexity index is 1060. The Labute approximate surface area is 277 Å². The van der Waals surface area contributed by atoms with Gasteiger partial charge in [-0.3, -0.25) is 14.1 Å². The van der Waals surface area contributed by atoms with Gasteiger partial charge in [0.1, 0.15) is 6.61 Å². The minimum absolute atomic E-state index is 0.154. The molecule has 0 aromatic heterocycles. The second kappa shape index (κ2) is 31.9. The summed E-state index contributed by atoms with van der Waals surface area (Å²) in [6.45, 7) is 3.30. The molecule has 9 heteroatoms. The van der Waals surface area contributed by atoms with Crippen LogP contribution in [-0.4, -0.2) is 41.0 Å². The molecule has 0 aliphatic heterocycles. The van der Waals surface area contributed by atoms with Gasteiger partial charge in [-0.25, -0.2) is 4.57 Å². The molecule has 1 atom stereocenters. The van der Waals surface area contributed by atoms with Crippen LogP contribution in [0.5, 0.6) is 0 Å². The molecule has 1 unspecified atom stereocenters. The number of rotatable bonds is 28. The summed E-state index contributed by atoms with van der Waals surface area (Å²) in [7, 11) is -4.77. The lowest BCUT2D eigenvalue weighted by atomic mass is 10.1. The number of esters is 2. The highest BCUT2D eigenvalue weighted by Gasteiger charge is 2.22. The Kier molecular flexibility index (Phi) is 29.8. The third-order valence-electron chi connectivity index (χ3n) is 6.29. The van der Waals surface area contributed by atoms with Crippen molar-refractivity contribution in [3.8, 4) is 0 Å². The van der Waals surface area contributed by atoms with Crippen LogP contribution in [0.4, 0.5) is 0 Å². The molecule has 0 heterocycles. The van der Waals surface area contributed by atoms with Gasteiger partial charge in [0.05, 0.1) is 6.61 Å². The number of hydrogen-bond acceptors (Lipinski definition) is 6. The van der Waals surface area contributed by atoms with Crippen molar-refractivity contribution in [1.29, 1.82) is 0 Å². The van der Waals surface area contributed by atoms with Crippen LogP contribution in [0, 0.1) is 0 Å². The van der Waals surface area contributed by atoms with Gasteiger partial charge in [-0.05, 0) is 51.4 Å². The van der Waals surface area contributed by atoms with Gasteiger partial charge in [0.15, 0.2) is 6.10 Å². The largest absolute Gasteiger partial charge is 0.469 e. The van der Waals surface area contributed by atoms with E-state index in [4.69, 9.17) is 19.3 Å². The Balaban J connectivity index is 4.17. The minimum atomic E-state index is -4.77. The second-order valence-corrected chi connectivity index (χ2v) is 11.8. The third-order valence-corrected chi connectivity index (χ3v) is 6.77. The standard InChI is InChI=1S/C37H57O8P/c1-3-5-7-9-11-13-15-17-18-20-21-23-25-27-29-31-36(38)43-33-35(34-44-46(40,41)42)45-37(39)32-30-28-26-24-22-19-16-14-12-10-8-6-4-2/h5-19,22,35H,3-4,20-21,23-34H2,1-2H3,(H2,40,41,42)/b7-5+,8-6+,11-9+,12-10+,15-13+,16-14+,18-17+,22-19+. The van der Waals surface area contributed by atoms with Crippen LogP contribution < -0.4 is 0 Å². The Morgan fingerprint density at radius 1 is 0.565 bits per heavy atom. The van der Waals surface area contributed by atoms with E-state index in [1.807, 2.05) is 72.9 Å². The zero-order valence-electron chi connectivity index (χ0n) is 27.9. The molecule has 0 saturated carbocycles. The van der Waals surface area contributed by atoms with Crippen LogP contribution >= 0.6 is 7.82 Å². The molecule has 46 heavy (non-hydrogen) atoms. The number of carbonyl (C=O) groups is 2. The van der Waals surface area contributed by atoms with Crippen molar-refractivity contribution in [2.45, 2.75) is 110 Å². The quantitative estimate of drug-likeness (QED) is 0.0369. The SMILES string of the molecule is CC/C=C/C=C/C=C/C=C/CCCCCCCC(=O)OCC(COP(=O)(O)O)OC(=O)CCCCC/C=C/C=C/C=C/C=C/CC. The van der Waals surface area contributed by atoms with E-state index in [9.17, 15) is 14.2 Å². The van der Waals surface area contributed by atoms with Gasteiger partial charge in [-0.15, -0.1) is 0 Å². The van der Waals surface area contributed by atoms with E-state index >= 15 is 0 Å². The lowest BCUT2D eigenvalue weighted by molar-refractivity contribution is -0.161. The van der Waals surface area contributed by atoms with Crippen LogP contribution in [0.25, 0.3) is 0 Å². The first kappa shape index (κ1) is 43.0. The van der Waals surface area contributed by atoms with Crippen LogP contribution in [-0.2, 0) is 28.2 Å². The molecule has 0 radical (unpaired) electrons. The maximum absolute atomic E-state index is 12.3. The van der Waals surface area contributed by atoms with E-state index in [2.05, 4.69) is 42.7 Å². The fourth-order valence-electron chi connectivity index (χ4n) is 3.86. The summed E-state index contributed by atoms with van der Waals surface area (Å²) in [5.41, 5.74) is 0. The first-order valence-electron chi connectivity index (χ1n) is 16.6. The summed E-state index contributed by atoms with van der Waals surface area (Å²) >= 11 is 0. The molecule has 258 valence electrons. The lowest BCUT2D eigenvalue weighted by Gasteiger charge is -2.18. The van der Waals surface area contributed by atoms with Crippen molar-refractivity contribution in [2.75, 3.05) is 13.2 Å². The summed E-state index contributed by atoms with van der Waals surface area (Å²) in [5, 5.41) is 0. The molecular weight excluding hydrogens is 603 g/mol. The second-order valence-electron chi connectivity index (χ2n) is 10.6. The molecule has 0 aromatic rings. The minimum Gasteiger partial charge on any atom is -0.462 e. The first-order chi connectivity index (χ1) is 22.3. The van der Waals surface area contributed by atoms with E-state index in [0.29, 0.717) is 12.8 Å². The fraction of sp³-hybridized carbons (Fsp3) is 0.514. The van der Waals surface area contributed by atoms with Crippen molar-refractivity contribution >= 4 is 19.8 Å². The summed E-state index contributed by atoms with van der Waals surface area (Å²) in [6.07, 6.45) is 42.7. The number of hydrogen-bond donors (Lipinski definition) is 2. The van der Waals surface area contributed by atoms with Crippen LogP contribution in [0.3, 0.4) is 0 Å². The maximum atomic E-state index is 12.3. The summed E-state index contributed by atoms with van der Waals surface area (Å²) in [5.74, 6) is -0.973. The zero-order chi connectivity index (χ0) is 34.0. The number of allylic oxidation sites excluding steroid dienone is 16. The monoisotopic (exact) mass is 660 g/mol. The zero-order valence-corrected chi connectivity index (χ0v) is 28.8. The average Bonchev–Trinajstić information content (AvgIpc) is 3.02. The van der Waals surface area contributed by atoms with Gasteiger partial charge in [0.25, 0.3) is 0 Å². The van der Waals surface area contributed by atoms with E-state index < -0.39 is 32.5 Å². The molecule has 0 aromatic carbocycles. The highest BCUT2D eigenvalue weighted by molar-refractivity contribution is 7.46. The molecule has 0 spiro atoms. The van der Waals surface area contributed by atoms with E-state index in [1.54, 1.807) is 0 Å². The number of phosphoric acid groups is 1. The molecule has 0 bridgehead atoms. The Morgan fingerprint density at radius 2 is 0.978 bits per heavy atom. The number of carbonyl (C=O) groups excluding carboxylic acids is 2. The number of ether oxygens (including phenoxy) is 2. The van der Waals surface area contributed by atoms with Crippen molar-refractivity contribution in [2.24, 2.45) is 0 Å². The molecule has 0 rings (SSSR count). The smallest absolute Gasteiger partial charge is 0.462 e. The summed E-state index contributed by atoms with van der Waals surface area (Å²) in [6, 6.07) is 0. The molecular formula is C37H57O8P. The Morgan fingerprint density at radius 3 is 1.48 bits per heavy atom. The van der Waals surface area contributed by atoms with Gasteiger partial charge in [0.2, 0.25) is 0 Å².